The molecule has 1 N–H and O–H groups in total. The van der Waals surface area contributed by atoms with Crippen LogP contribution < -0.4 is 14.8 Å². The Balaban J connectivity index is 1.59. The fourth-order valence-electron chi connectivity index (χ4n) is 2.97. The van der Waals surface area contributed by atoms with Crippen LogP contribution in [0.2, 0.25) is 0 Å². The minimum absolute atomic E-state index is 0.00433. The highest BCUT2D eigenvalue weighted by molar-refractivity contribution is 5.92. The third kappa shape index (κ3) is 4.37. The average molecular weight is 353 g/mol. The normalized spacial score (nSPS) is 13.4. The first-order chi connectivity index (χ1) is 12.3. The van der Waals surface area contributed by atoms with Crippen LogP contribution in [-0.4, -0.2) is 19.1 Å². The second kappa shape index (κ2) is 7.40. The van der Waals surface area contributed by atoms with Gasteiger partial charge in [0, 0.05) is 18.2 Å². The van der Waals surface area contributed by atoms with Gasteiger partial charge in [-0.15, -0.1) is 0 Å². The summed E-state index contributed by atoms with van der Waals surface area (Å²) < 4.78 is 11.2. The third-order valence-corrected chi connectivity index (χ3v) is 4.62. The zero-order valence-corrected chi connectivity index (χ0v) is 16.0. The molecule has 0 aliphatic carbocycles. The van der Waals surface area contributed by atoms with E-state index in [9.17, 15) is 4.79 Å². The van der Waals surface area contributed by atoms with E-state index in [1.54, 1.807) is 0 Å². The molecule has 2 aromatic rings. The van der Waals surface area contributed by atoms with Crippen LogP contribution in [0.5, 0.6) is 11.5 Å². The number of benzene rings is 2. The summed E-state index contributed by atoms with van der Waals surface area (Å²) in [4.78, 5) is 12.3. The number of anilines is 1. The molecule has 3 rings (SSSR count). The molecule has 0 atom stereocenters. The van der Waals surface area contributed by atoms with E-state index in [-0.39, 0.29) is 11.3 Å². The van der Waals surface area contributed by atoms with Crippen LogP contribution in [-0.2, 0) is 16.6 Å². The van der Waals surface area contributed by atoms with Gasteiger partial charge in [0.15, 0.2) is 11.5 Å². The molecule has 0 bridgehead atoms. The number of fused-ring (bicyclic) bond motifs is 1. The summed E-state index contributed by atoms with van der Waals surface area (Å²) in [6.45, 7) is 9.65. The summed E-state index contributed by atoms with van der Waals surface area (Å²) >= 11 is 0. The third-order valence-electron chi connectivity index (χ3n) is 4.62. The molecule has 1 aliphatic rings. The van der Waals surface area contributed by atoms with E-state index in [0.29, 0.717) is 25.4 Å². The molecule has 1 heterocycles. The highest BCUT2D eigenvalue weighted by Crippen LogP contribution is 2.35. The van der Waals surface area contributed by atoms with Gasteiger partial charge in [0.2, 0.25) is 5.91 Å². The molecule has 0 saturated heterocycles. The summed E-state index contributed by atoms with van der Waals surface area (Å²) in [6.07, 6.45) is 1.17. The molecule has 4 nitrogen and oxygen atoms in total. The number of carbonyl (C=O) groups excluding carboxylic acids is 1. The Bertz CT molecular complexity index is 788. The van der Waals surface area contributed by atoms with E-state index in [1.807, 2.05) is 19.1 Å². The van der Waals surface area contributed by atoms with Crippen molar-refractivity contribution < 1.29 is 14.3 Å². The Morgan fingerprint density at radius 2 is 1.65 bits per heavy atom. The zero-order valence-electron chi connectivity index (χ0n) is 16.0. The summed E-state index contributed by atoms with van der Waals surface area (Å²) in [5, 5.41) is 2.99. The van der Waals surface area contributed by atoms with Crippen molar-refractivity contribution >= 4 is 11.6 Å². The predicted molar refractivity (Wildman–Crippen MR) is 104 cm³/mol. The van der Waals surface area contributed by atoms with Gasteiger partial charge in [-0.2, -0.15) is 0 Å². The van der Waals surface area contributed by atoms with Gasteiger partial charge in [0.25, 0.3) is 0 Å². The summed E-state index contributed by atoms with van der Waals surface area (Å²) in [7, 11) is 0. The van der Waals surface area contributed by atoms with E-state index >= 15 is 0 Å². The van der Waals surface area contributed by atoms with Crippen molar-refractivity contribution in [2.45, 2.75) is 46.0 Å². The lowest BCUT2D eigenvalue weighted by atomic mass is 9.86. The van der Waals surface area contributed by atoms with Crippen LogP contribution in [0, 0.1) is 6.92 Å². The molecule has 1 aliphatic heterocycles. The van der Waals surface area contributed by atoms with E-state index in [0.717, 1.165) is 23.4 Å². The number of ether oxygens (including phenoxy) is 2. The van der Waals surface area contributed by atoms with Crippen molar-refractivity contribution in [1.82, 2.24) is 0 Å². The highest BCUT2D eigenvalue weighted by Gasteiger charge is 2.16. The van der Waals surface area contributed by atoms with Crippen LogP contribution in [0.1, 0.15) is 43.9 Å². The minimum Gasteiger partial charge on any atom is -0.486 e. The molecule has 0 aromatic heterocycles. The second-order valence-electron chi connectivity index (χ2n) is 7.81. The Labute approximate surface area is 155 Å². The smallest absolute Gasteiger partial charge is 0.224 e. The Hall–Kier alpha value is -2.49. The van der Waals surface area contributed by atoms with Crippen molar-refractivity contribution in [3.05, 3.63) is 53.1 Å². The SMILES string of the molecule is Cc1cc2c(cc1NC(=O)CCc1ccc(C(C)(C)C)cc1)OCCO2. The largest absolute Gasteiger partial charge is 0.486 e. The molecule has 1 amide bonds. The molecule has 0 radical (unpaired) electrons. The quantitative estimate of drug-likeness (QED) is 0.871. The predicted octanol–water partition coefficient (Wildman–Crippen LogP) is 4.64. The van der Waals surface area contributed by atoms with E-state index in [4.69, 9.17) is 9.47 Å². The standard InChI is InChI=1S/C22H27NO3/c1-15-13-19-20(26-12-11-25-19)14-18(15)23-21(24)10-7-16-5-8-17(9-6-16)22(2,3)4/h5-6,8-9,13-14H,7,10-12H2,1-4H3,(H,23,24). The number of rotatable bonds is 4. The fourth-order valence-corrected chi connectivity index (χ4v) is 2.97. The summed E-state index contributed by atoms with van der Waals surface area (Å²) in [6, 6.07) is 12.3. The van der Waals surface area contributed by atoms with Crippen molar-refractivity contribution in [3.63, 3.8) is 0 Å². The lowest BCUT2D eigenvalue weighted by molar-refractivity contribution is -0.116. The van der Waals surface area contributed by atoms with Crippen molar-refractivity contribution in [3.8, 4) is 11.5 Å². The first-order valence-corrected chi connectivity index (χ1v) is 9.12. The molecule has 26 heavy (non-hydrogen) atoms. The molecular formula is C22H27NO3. The topological polar surface area (TPSA) is 47.6 Å². The molecule has 0 spiro atoms. The number of aryl methyl sites for hydroxylation is 2. The van der Waals surface area contributed by atoms with Gasteiger partial charge in [0.1, 0.15) is 13.2 Å². The van der Waals surface area contributed by atoms with Gasteiger partial charge >= 0.3 is 0 Å². The van der Waals surface area contributed by atoms with Crippen LogP contribution in [0.25, 0.3) is 0 Å². The molecule has 2 aromatic carbocycles. The van der Waals surface area contributed by atoms with Crippen LogP contribution in [0.15, 0.2) is 36.4 Å². The second-order valence-corrected chi connectivity index (χ2v) is 7.81. The number of hydrogen-bond acceptors (Lipinski definition) is 3. The van der Waals surface area contributed by atoms with Gasteiger partial charge < -0.3 is 14.8 Å². The van der Waals surface area contributed by atoms with Crippen LogP contribution in [0.4, 0.5) is 5.69 Å². The molecule has 0 fully saturated rings. The zero-order chi connectivity index (χ0) is 18.7. The molecule has 138 valence electrons. The first kappa shape index (κ1) is 18.3. The summed E-state index contributed by atoms with van der Waals surface area (Å²) in [5.41, 5.74) is 4.37. The van der Waals surface area contributed by atoms with Gasteiger partial charge in [-0.25, -0.2) is 0 Å². The maximum Gasteiger partial charge on any atom is 0.224 e. The number of nitrogens with one attached hydrogen (secondary N) is 1. The number of carbonyl (C=O) groups is 1. The van der Waals surface area contributed by atoms with Crippen molar-refractivity contribution in [2.24, 2.45) is 0 Å². The Morgan fingerprint density at radius 1 is 1.04 bits per heavy atom. The first-order valence-electron chi connectivity index (χ1n) is 9.12. The number of amides is 1. The number of hydrogen-bond donors (Lipinski definition) is 1. The lowest BCUT2D eigenvalue weighted by Crippen LogP contribution is -2.17. The van der Waals surface area contributed by atoms with E-state index in [2.05, 4.69) is 50.4 Å². The monoisotopic (exact) mass is 353 g/mol. The van der Waals surface area contributed by atoms with E-state index in [1.165, 1.54) is 11.1 Å². The Morgan fingerprint density at radius 3 is 2.27 bits per heavy atom. The van der Waals surface area contributed by atoms with Gasteiger partial charge in [-0.05, 0) is 41.5 Å². The van der Waals surface area contributed by atoms with Crippen LogP contribution >= 0.6 is 0 Å². The van der Waals surface area contributed by atoms with Gasteiger partial charge in [0.05, 0.1) is 0 Å². The Kier molecular flexibility index (Phi) is 5.21. The maximum absolute atomic E-state index is 12.3. The fraction of sp³-hybridized carbons (Fsp3) is 0.409. The molecular weight excluding hydrogens is 326 g/mol. The molecule has 0 saturated carbocycles. The van der Waals surface area contributed by atoms with Crippen LogP contribution in [0.3, 0.4) is 0 Å². The lowest BCUT2D eigenvalue weighted by Gasteiger charge is -2.20. The summed E-state index contributed by atoms with van der Waals surface area (Å²) in [5.74, 6) is 1.44. The van der Waals surface area contributed by atoms with Crippen molar-refractivity contribution in [1.29, 1.82) is 0 Å². The van der Waals surface area contributed by atoms with Gasteiger partial charge in [-0.3, -0.25) is 4.79 Å². The molecule has 0 unspecified atom stereocenters. The highest BCUT2D eigenvalue weighted by atomic mass is 16.6. The minimum atomic E-state index is 0.00433. The van der Waals surface area contributed by atoms with Crippen molar-refractivity contribution in [2.75, 3.05) is 18.5 Å². The average Bonchev–Trinajstić information content (AvgIpc) is 2.60. The van der Waals surface area contributed by atoms with E-state index < -0.39 is 0 Å². The maximum atomic E-state index is 12.3. The van der Waals surface area contributed by atoms with Gasteiger partial charge in [-0.1, -0.05) is 45.0 Å². The molecule has 4 heteroatoms.